The molecule has 0 amide bonds. The molecule has 1 aliphatic rings. The first-order valence-corrected chi connectivity index (χ1v) is 7.60. The fourth-order valence-corrected chi connectivity index (χ4v) is 3.39. The van der Waals surface area contributed by atoms with Crippen LogP contribution in [0.25, 0.3) is 0 Å². The second-order valence-electron chi connectivity index (χ2n) is 4.48. The number of anilines is 1. The molecule has 0 aromatic heterocycles. The molecule has 0 spiro atoms. The summed E-state index contributed by atoms with van der Waals surface area (Å²) in [5.74, 6) is 0.472. The molecular weight excluding hydrogens is 250 g/mol. The Balaban J connectivity index is 2.27. The standard InChI is InChI=1S/C12H19N3O2S/c1-2-14-18(16,17)12-6-4-3-5-11(12)15-8-10(7-13)9-15/h3-6,10,14H,2,7-9,13H2,1H3. The van der Waals surface area contributed by atoms with Gasteiger partial charge in [-0.1, -0.05) is 19.1 Å². The fourth-order valence-electron chi connectivity index (χ4n) is 2.13. The van der Waals surface area contributed by atoms with Gasteiger partial charge in [-0.2, -0.15) is 0 Å². The highest BCUT2D eigenvalue weighted by Gasteiger charge is 2.29. The summed E-state index contributed by atoms with van der Waals surface area (Å²) in [5, 5.41) is 0. The minimum atomic E-state index is -3.41. The van der Waals surface area contributed by atoms with Gasteiger partial charge in [0.1, 0.15) is 4.90 Å². The molecule has 2 rings (SSSR count). The summed E-state index contributed by atoms with van der Waals surface area (Å²) >= 11 is 0. The molecule has 0 radical (unpaired) electrons. The second-order valence-corrected chi connectivity index (χ2v) is 6.21. The number of nitrogens with zero attached hydrogens (tertiary/aromatic N) is 1. The van der Waals surface area contributed by atoms with E-state index in [1.165, 1.54) is 0 Å². The van der Waals surface area contributed by atoms with E-state index >= 15 is 0 Å². The Labute approximate surface area is 108 Å². The Morgan fingerprint density at radius 1 is 1.39 bits per heavy atom. The number of nitrogens with one attached hydrogen (secondary N) is 1. The van der Waals surface area contributed by atoms with Crippen molar-refractivity contribution < 1.29 is 8.42 Å². The van der Waals surface area contributed by atoms with Crippen molar-refractivity contribution in [2.75, 3.05) is 31.1 Å². The molecule has 18 heavy (non-hydrogen) atoms. The number of hydrogen-bond donors (Lipinski definition) is 2. The van der Waals surface area contributed by atoms with Crippen LogP contribution < -0.4 is 15.4 Å². The van der Waals surface area contributed by atoms with E-state index in [1.807, 2.05) is 12.1 Å². The summed E-state index contributed by atoms with van der Waals surface area (Å²) in [6, 6.07) is 7.09. The quantitative estimate of drug-likeness (QED) is 0.810. The Kier molecular flexibility index (Phi) is 3.89. The fraction of sp³-hybridized carbons (Fsp3) is 0.500. The third-order valence-electron chi connectivity index (χ3n) is 3.12. The lowest BCUT2D eigenvalue weighted by atomic mass is 10.00. The van der Waals surface area contributed by atoms with Crippen molar-refractivity contribution in [3.63, 3.8) is 0 Å². The summed E-state index contributed by atoms with van der Waals surface area (Å²) in [4.78, 5) is 2.41. The monoisotopic (exact) mass is 269 g/mol. The predicted octanol–water partition coefficient (Wildman–Crippen LogP) is 0.380. The van der Waals surface area contributed by atoms with E-state index in [1.54, 1.807) is 19.1 Å². The maximum atomic E-state index is 12.1. The molecule has 1 aliphatic heterocycles. The van der Waals surface area contributed by atoms with Crippen molar-refractivity contribution in [2.24, 2.45) is 11.7 Å². The van der Waals surface area contributed by atoms with E-state index in [0.29, 0.717) is 23.9 Å². The molecule has 1 aromatic carbocycles. The lowest BCUT2D eigenvalue weighted by Crippen LogP contribution is -2.50. The Morgan fingerprint density at radius 2 is 2.06 bits per heavy atom. The van der Waals surface area contributed by atoms with Crippen LogP contribution in [0, 0.1) is 5.92 Å². The van der Waals surface area contributed by atoms with E-state index < -0.39 is 10.0 Å². The molecule has 0 unspecified atom stereocenters. The zero-order valence-electron chi connectivity index (χ0n) is 10.5. The summed E-state index contributed by atoms with van der Waals surface area (Å²) in [6.45, 7) is 4.47. The van der Waals surface area contributed by atoms with Crippen LogP contribution in [0.3, 0.4) is 0 Å². The largest absolute Gasteiger partial charge is 0.370 e. The van der Waals surface area contributed by atoms with Crippen LogP contribution in [0.5, 0.6) is 0 Å². The van der Waals surface area contributed by atoms with E-state index in [0.717, 1.165) is 18.8 Å². The third-order valence-corrected chi connectivity index (χ3v) is 4.71. The number of hydrogen-bond acceptors (Lipinski definition) is 4. The van der Waals surface area contributed by atoms with Crippen LogP contribution in [0.15, 0.2) is 29.2 Å². The molecule has 0 bridgehead atoms. The average Bonchev–Trinajstić information content (AvgIpc) is 2.28. The first-order valence-electron chi connectivity index (χ1n) is 6.12. The molecule has 1 aromatic rings. The Hall–Kier alpha value is -1.11. The van der Waals surface area contributed by atoms with Gasteiger partial charge in [0.05, 0.1) is 5.69 Å². The zero-order valence-corrected chi connectivity index (χ0v) is 11.3. The van der Waals surface area contributed by atoms with E-state index in [-0.39, 0.29) is 0 Å². The van der Waals surface area contributed by atoms with Gasteiger partial charge >= 0.3 is 0 Å². The molecule has 100 valence electrons. The summed E-state index contributed by atoms with van der Waals surface area (Å²) in [6.07, 6.45) is 0. The average molecular weight is 269 g/mol. The van der Waals surface area contributed by atoms with Gasteiger partial charge < -0.3 is 10.6 Å². The lowest BCUT2D eigenvalue weighted by Gasteiger charge is -2.41. The first-order chi connectivity index (χ1) is 8.58. The highest BCUT2D eigenvalue weighted by Crippen LogP contribution is 2.30. The zero-order chi connectivity index (χ0) is 13.2. The van der Waals surface area contributed by atoms with Crippen LogP contribution in [0.1, 0.15) is 6.92 Å². The molecule has 5 nitrogen and oxygen atoms in total. The first kappa shape index (κ1) is 13.3. The molecule has 3 N–H and O–H groups in total. The molecular formula is C12H19N3O2S. The van der Waals surface area contributed by atoms with Gasteiger partial charge in [0.25, 0.3) is 0 Å². The number of sulfonamides is 1. The van der Waals surface area contributed by atoms with Crippen LogP contribution >= 0.6 is 0 Å². The predicted molar refractivity (Wildman–Crippen MR) is 72.1 cm³/mol. The van der Waals surface area contributed by atoms with Gasteiger partial charge in [-0.15, -0.1) is 0 Å². The normalized spacial score (nSPS) is 16.7. The molecule has 6 heteroatoms. The van der Waals surface area contributed by atoms with Crippen LogP contribution in [0.4, 0.5) is 5.69 Å². The van der Waals surface area contributed by atoms with E-state index in [4.69, 9.17) is 5.73 Å². The van der Waals surface area contributed by atoms with Crippen LogP contribution in [-0.2, 0) is 10.0 Å². The van der Waals surface area contributed by atoms with Gasteiger partial charge in [0, 0.05) is 25.6 Å². The number of benzene rings is 1. The maximum absolute atomic E-state index is 12.1. The van der Waals surface area contributed by atoms with Crippen molar-refractivity contribution >= 4 is 15.7 Å². The van der Waals surface area contributed by atoms with Crippen molar-refractivity contribution in [1.29, 1.82) is 0 Å². The molecule has 1 fully saturated rings. The van der Waals surface area contributed by atoms with Crippen LogP contribution in [0.2, 0.25) is 0 Å². The van der Waals surface area contributed by atoms with Gasteiger partial charge in [-0.3, -0.25) is 0 Å². The third kappa shape index (κ3) is 2.50. The van der Waals surface area contributed by atoms with Crippen LogP contribution in [-0.4, -0.2) is 34.6 Å². The molecule has 0 saturated carbocycles. The van der Waals surface area contributed by atoms with Gasteiger partial charge in [0.2, 0.25) is 10.0 Å². The van der Waals surface area contributed by atoms with Gasteiger partial charge in [-0.05, 0) is 18.7 Å². The molecule has 1 heterocycles. The van der Waals surface area contributed by atoms with Crippen molar-refractivity contribution in [3.8, 4) is 0 Å². The maximum Gasteiger partial charge on any atom is 0.242 e. The Morgan fingerprint density at radius 3 is 2.67 bits per heavy atom. The SMILES string of the molecule is CCNS(=O)(=O)c1ccccc1N1CC(CN)C1. The molecule has 0 aliphatic carbocycles. The van der Waals surface area contributed by atoms with Gasteiger partial charge in [0.15, 0.2) is 0 Å². The lowest BCUT2D eigenvalue weighted by molar-refractivity contribution is 0.418. The minimum absolute atomic E-state index is 0.349. The number of para-hydroxylation sites is 1. The summed E-state index contributed by atoms with van der Waals surface area (Å²) < 4.78 is 26.7. The minimum Gasteiger partial charge on any atom is -0.370 e. The summed E-state index contributed by atoms with van der Waals surface area (Å²) in [7, 11) is -3.41. The van der Waals surface area contributed by atoms with Crippen molar-refractivity contribution in [1.82, 2.24) is 4.72 Å². The topological polar surface area (TPSA) is 75.4 Å². The van der Waals surface area contributed by atoms with E-state index in [9.17, 15) is 8.42 Å². The van der Waals surface area contributed by atoms with Gasteiger partial charge in [-0.25, -0.2) is 13.1 Å². The van der Waals surface area contributed by atoms with Crippen molar-refractivity contribution in [3.05, 3.63) is 24.3 Å². The highest BCUT2D eigenvalue weighted by molar-refractivity contribution is 7.89. The molecule has 0 atom stereocenters. The number of nitrogens with two attached hydrogens (primary N) is 1. The molecule has 1 saturated heterocycles. The van der Waals surface area contributed by atoms with E-state index in [2.05, 4.69) is 9.62 Å². The van der Waals surface area contributed by atoms with Crippen molar-refractivity contribution in [2.45, 2.75) is 11.8 Å². The highest BCUT2D eigenvalue weighted by atomic mass is 32.2. The Bertz CT molecular complexity index is 510. The number of rotatable bonds is 5. The second kappa shape index (κ2) is 5.26. The smallest absolute Gasteiger partial charge is 0.242 e. The summed E-state index contributed by atoms with van der Waals surface area (Å²) in [5.41, 5.74) is 6.36.